The first-order valence-electron chi connectivity index (χ1n) is 21.3. The van der Waals surface area contributed by atoms with E-state index in [4.69, 9.17) is 4.52 Å². The molecule has 0 spiro atoms. The van der Waals surface area contributed by atoms with Gasteiger partial charge in [-0.1, -0.05) is 226 Å². The lowest BCUT2D eigenvalue weighted by molar-refractivity contribution is 0.197. The highest BCUT2D eigenvalue weighted by atomic mass is 31.2. The van der Waals surface area contributed by atoms with Crippen LogP contribution in [0.5, 0.6) is 0 Å². The summed E-state index contributed by atoms with van der Waals surface area (Å²) in [5.41, 5.74) is 0. The van der Waals surface area contributed by atoms with Crippen LogP contribution in [-0.2, 0) is 9.09 Å². The van der Waals surface area contributed by atoms with Crippen molar-refractivity contribution in [1.82, 2.24) is 4.67 Å². The topological polar surface area (TPSA) is 49.8 Å². The van der Waals surface area contributed by atoms with Crippen LogP contribution in [0.15, 0.2) is 0 Å². The molecule has 0 bridgehead atoms. The molecule has 0 aliphatic rings. The first kappa shape index (κ1) is 46.1. The highest BCUT2D eigenvalue weighted by molar-refractivity contribution is 7.50. The largest absolute Gasteiger partial charge is 0.405 e. The predicted octanol–water partition coefficient (Wildman–Crippen LogP) is 15.1. The Morgan fingerprint density at radius 3 is 0.804 bits per heavy atom. The van der Waals surface area contributed by atoms with Gasteiger partial charge in [-0.05, 0) is 19.3 Å². The van der Waals surface area contributed by atoms with E-state index in [9.17, 15) is 9.46 Å². The van der Waals surface area contributed by atoms with Crippen molar-refractivity contribution in [3.05, 3.63) is 0 Å². The molecule has 1 atom stereocenters. The summed E-state index contributed by atoms with van der Waals surface area (Å²) in [5, 5.41) is 0. The second kappa shape index (κ2) is 37.9. The van der Waals surface area contributed by atoms with Gasteiger partial charge in [0.05, 0.1) is 6.61 Å². The summed E-state index contributed by atoms with van der Waals surface area (Å²) < 4.78 is 20.2. The number of rotatable bonds is 40. The highest BCUT2D eigenvalue weighted by Gasteiger charge is 2.28. The lowest BCUT2D eigenvalue weighted by Gasteiger charge is -2.26. The zero-order valence-electron chi connectivity index (χ0n) is 32.0. The van der Waals surface area contributed by atoms with Gasteiger partial charge < -0.3 is 4.89 Å². The normalized spacial score (nSPS) is 13.2. The van der Waals surface area contributed by atoms with E-state index in [0.717, 1.165) is 32.1 Å². The standard InChI is InChI=1S/C41H86NO3P/c1-4-7-9-11-13-15-17-19-21-23-25-27-29-31-33-35-37-39-42(46(43,44)45-41-6-3)40-38-36-34-32-30-28-26-24-22-20-18-16-14-12-10-8-5-2/h4-41H2,1-3H3,(H,43,44). The molecule has 278 valence electrons. The minimum absolute atomic E-state index is 0.363. The molecule has 0 aromatic heterocycles. The Morgan fingerprint density at radius 2 is 0.587 bits per heavy atom. The van der Waals surface area contributed by atoms with Crippen LogP contribution in [0.3, 0.4) is 0 Å². The molecule has 0 aromatic carbocycles. The quantitative estimate of drug-likeness (QED) is 0.0520. The molecule has 0 fully saturated rings. The van der Waals surface area contributed by atoms with Crippen molar-refractivity contribution < 1.29 is 14.0 Å². The Bertz CT molecular complexity index is 579. The Kier molecular flexibility index (Phi) is 38.0. The van der Waals surface area contributed by atoms with Crippen molar-refractivity contribution >= 4 is 7.75 Å². The molecule has 0 rings (SSSR count). The summed E-state index contributed by atoms with van der Waals surface area (Å²) in [6, 6.07) is 0. The van der Waals surface area contributed by atoms with E-state index in [1.54, 1.807) is 4.67 Å². The Morgan fingerprint density at radius 1 is 0.370 bits per heavy atom. The van der Waals surface area contributed by atoms with Crippen molar-refractivity contribution in [3.63, 3.8) is 0 Å². The van der Waals surface area contributed by atoms with Gasteiger partial charge in [-0.2, -0.15) is 0 Å². The predicted molar refractivity (Wildman–Crippen MR) is 206 cm³/mol. The van der Waals surface area contributed by atoms with Crippen molar-refractivity contribution in [2.24, 2.45) is 0 Å². The molecule has 0 amide bonds. The zero-order valence-corrected chi connectivity index (χ0v) is 32.9. The van der Waals surface area contributed by atoms with Crippen LogP contribution in [0.1, 0.15) is 245 Å². The fraction of sp³-hybridized carbons (Fsp3) is 1.00. The third-order valence-electron chi connectivity index (χ3n) is 9.86. The molecule has 5 heteroatoms. The summed E-state index contributed by atoms with van der Waals surface area (Å²) >= 11 is 0. The van der Waals surface area contributed by atoms with Crippen LogP contribution in [0, 0.1) is 0 Å². The summed E-state index contributed by atoms with van der Waals surface area (Å²) in [4.78, 5) is 10.6. The van der Waals surface area contributed by atoms with Crippen molar-refractivity contribution in [1.29, 1.82) is 0 Å². The molecular formula is C41H86NO3P. The Balaban J connectivity index is 3.76. The Hall–Kier alpha value is 0.110. The molecule has 0 saturated heterocycles. The molecule has 4 nitrogen and oxygen atoms in total. The van der Waals surface area contributed by atoms with E-state index >= 15 is 0 Å². The van der Waals surface area contributed by atoms with Gasteiger partial charge >= 0.3 is 7.75 Å². The third-order valence-corrected chi connectivity index (χ3v) is 11.5. The van der Waals surface area contributed by atoms with Crippen molar-refractivity contribution in [2.45, 2.75) is 245 Å². The fourth-order valence-corrected chi connectivity index (χ4v) is 8.07. The minimum Gasteiger partial charge on any atom is -0.312 e. The molecule has 0 aliphatic heterocycles. The third kappa shape index (κ3) is 34.0. The maximum absolute atomic E-state index is 12.9. The first-order valence-corrected chi connectivity index (χ1v) is 22.8. The molecule has 0 aliphatic carbocycles. The van der Waals surface area contributed by atoms with E-state index in [1.165, 1.54) is 193 Å². The van der Waals surface area contributed by atoms with Crippen LogP contribution >= 0.6 is 7.75 Å². The maximum atomic E-state index is 12.9. The van der Waals surface area contributed by atoms with E-state index < -0.39 is 7.75 Å². The molecule has 0 radical (unpaired) electrons. The van der Waals surface area contributed by atoms with Gasteiger partial charge in [0.1, 0.15) is 0 Å². The van der Waals surface area contributed by atoms with Crippen LogP contribution in [0.25, 0.3) is 0 Å². The maximum Gasteiger partial charge on any atom is 0.405 e. The SMILES string of the molecule is CCCCCCCCCCCCCCCCCCCN(CCCCCCCCCCCCCCCCCCC)P(=O)(O)OCCC. The monoisotopic (exact) mass is 672 g/mol. The van der Waals surface area contributed by atoms with Gasteiger partial charge in [0, 0.05) is 13.1 Å². The minimum atomic E-state index is -3.67. The molecule has 46 heavy (non-hydrogen) atoms. The average molecular weight is 672 g/mol. The Labute approximate surface area is 291 Å². The van der Waals surface area contributed by atoms with E-state index in [2.05, 4.69) is 13.8 Å². The fourth-order valence-electron chi connectivity index (χ4n) is 6.69. The summed E-state index contributed by atoms with van der Waals surface area (Å²) in [7, 11) is -3.67. The summed E-state index contributed by atoms with van der Waals surface area (Å²) in [6.07, 6.45) is 46.9. The first-order chi connectivity index (χ1) is 22.6. The molecule has 1 N–H and O–H groups in total. The van der Waals surface area contributed by atoms with Crippen LogP contribution in [0.4, 0.5) is 0 Å². The van der Waals surface area contributed by atoms with Gasteiger partial charge in [0.15, 0.2) is 0 Å². The zero-order chi connectivity index (χ0) is 33.7. The van der Waals surface area contributed by atoms with Crippen molar-refractivity contribution in [3.8, 4) is 0 Å². The van der Waals surface area contributed by atoms with Crippen LogP contribution in [-0.4, -0.2) is 29.3 Å². The second-order valence-electron chi connectivity index (χ2n) is 14.6. The van der Waals surface area contributed by atoms with Gasteiger partial charge in [-0.15, -0.1) is 0 Å². The average Bonchev–Trinajstić information content (AvgIpc) is 3.05. The smallest absolute Gasteiger partial charge is 0.312 e. The number of nitrogens with zero attached hydrogens (tertiary/aromatic N) is 1. The van der Waals surface area contributed by atoms with Crippen LogP contribution < -0.4 is 0 Å². The molecular weight excluding hydrogens is 585 g/mol. The highest BCUT2D eigenvalue weighted by Crippen LogP contribution is 2.46. The van der Waals surface area contributed by atoms with Gasteiger partial charge in [0.25, 0.3) is 0 Å². The summed E-state index contributed by atoms with van der Waals surface area (Å²) in [6.45, 7) is 8.32. The molecule has 1 unspecified atom stereocenters. The van der Waals surface area contributed by atoms with Crippen LogP contribution in [0.2, 0.25) is 0 Å². The van der Waals surface area contributed by atoms with Crippen molar-refractivity contribution in [2.75, 3.05) is 19.7 Å². The number of unbranched alkanes of at least 4 members (excludes halogenated alkanes) is 32. The molecule has 0 aromatic rings. The van der Waals surface area contributed by atoms with Gasteiger partial charge in [0.2, 0.25) is 0 Å². The summed E-state index contributed by atoms with van der Waals surface area (Å²) in [5.74, 6) is 0. The molecule has 0 saturated carbocycles. The van der Waals surface area contributed by atoms with Gasteiger partial charge in [-0.3, -0.25) is 4.52 Å². The lowest BCUT2D eigenvalue weighted by Crippen LogP contribution is -2.24. The number of hydrogen-bond donors (Lipinski definition) is 1. The number of hydrogen-bond acceptors (Lipinski definition) is 2. The lowest BCUT2D eigenvalue weighted by atomic mass is 10.0. The van der Waals surface area contributed by atoms with Gasteiger partial charge in [-0.25, -0.2) is 9.24 Å². The van der Waals surface area contributed by atoms with E-state index in [0.29, 0.717) is 19.7 Å². The van der Waals surface area contributed by atoms with E-state index in [-0.39, 0.29) is 0 Å². The second-order valence-corrected chi connectivity index (χ2v) is 16.4. The molecule has 0 heterocycles. The van der Waals surface area contributed by atoms with E-state index in [1.807, 2.05) is 6.92 Å².